The molecule has 8 nitrogen and oxygen atoms in total. The van der Waals surface area contributed by atoms with Gasteiger partial charge in [0.2, 0.25) is 11.8 Å². The van der Waals surface area contributed by atoms with E-state index < -0.39 is 0 Å². The molecule has 2 saturated heterocycles. The van der Waals surface area contributed by atoms with Crippen LogP contribution in [0.2, 0.25) is 0 Å². The highest BCUT2D eigenvalue weighted by molar-refractivity contribution is 14.0. The molecule has 9 heteroatoms. The molecule has 1 aromatic rings. The number of piperazine rings is 1. The molecule has 2 N–H and O–H groups in total. The van der Waals surface area contributed by atoms with Crippen LogP contribution in [0, 0.1) is 0 Å². The number of halogens is 1. The fourth-order valence-corrected chi connectivity index (χ4v) is 4.03. The Labute approximate surface area is 208 Å². The molecule has 0 radical (unpaired) electrons. The van der Waals surface area contributed by atoms with Crippen molar-refractivity contribution in [3.05, 3.63) is 30.3 Å². The van der Waals surface area contributed by atoms with Crippen LogP contribution in [0.4, 0.5) is 5.69 Å². The SMILES string of the molecule is CCNC(=NCCCN1CCCC1=O)NCCC(=O)N1CCN(c2ccccc2)CC1.I. The van der Waals surface area contributed by atoms with Gasteiger partial charge >= 0.3 is 0 Å². The van der Waals surface area contributed by atoms with E-state index >= 15 is 0 Å². The number of carbonyl (C=O) groups is 2. The quantitative estimate of drug-likeness (QED) is 0.210. The van der Waals surface area contributed by atoms with Crippen molar-refractivity contribution in [2.75, 3.05) is 63.8 Å². The average molecular weight is 556 g/mol. The normalized spacial score (nSPS) is 16.7. The molecular formula is C23H37IN6O2. The van der Waals surface area contributed by atoms with Crippen LogP contribution in [0.25, 0.3) is 0 Å². The molecule has 0 aromatic heterocycles. The van der Waals surface area contributed by atoms with Gasteiger partial charge in [-0.25, -0.2) is 0 Å². The molecule has 0 bridgehead atoms. The van der Waals surface area contributed by atoms with E-state index in [4.69, 9.17) is 0 Å². The lowest BCUT2D eigenvalue weighted by Gasteiger charge is -2.36. The number of aliphatic imine (C=N–C) groups is 1. The van der Waals surface area contributed by atoms with Crippen LogP contribution in [0.3, 0.4) is 0 Å². The number of carbonyl (C=O) groups excluding carboxylic acids is 2. The number of guanidine groups is 1. The molecule has 2 amide bonds. The number of hydrogen-bond acceptors (Lipinski definition) is 4. The molecule has 2 heterocycles. The number of likely N-dealkylation sites (tertiary alicyclic amines) is 1. The fraction of sp³-hybridized carbons (Fsp3) is 0.609. The second kappa shape index (κ2) is 14.2. The molecule has 0 atom stereocenters. The first-order valence-electron chi connectivity index (χ1n) is 11.5. The molecule has 2 aliphatic rings. The Bertz CT molecular complexity index is 737. The molecule has 32 heavy (non-hydrogen) atoms. The van der Waals surface area contributed by atoms with Crippen molar-refractivity contribution in [3.8, 4) is 0 Å². The maximum atomic E-state index is 12.6. The molecule has 3 rings (SSSR count). The van der Waals surface area contributed by atoms with Crippen LogP contribution in [0.15, 0.2) is 35.3 Å². The summed E-state index contributed by atoms with van der Waals surface area (Å²) in [5.74, 6) is 1.18. The maximum absolute atomic E-state index is 12.6. The van der Waals surface area contributed by atoms with Crippen molar-refractivity contribution in [3.63, 3.8) is 0 Å². The fourth-order valence-electron chi connectivity index (χ4n) is 4.03. The number of nitrogens with zero attached hydrogens (tertiary/aromatic N) is 4. The van der Waals surface area contributed by atoms with Gasteiger partial charge in [0.25, 0.3) is 0 Å². The highest BCUT2D eigenvalue weighted by Crippen LogP contribution is 2.15. The number of nitrogens with one attached hydrogen (secondary N) is 2. The molecule has 1 aromatic carbocycles. The lowest BCUT2D eigenvalue weighted by molar-refractivity contribution is -0.131. The molecule has 2 fully saturated rings. The van der Waals surface area contributed by atoms with E-state index in [1.54, 1.807) is 0 Å². The molecule has 0 unspecified atom stereocenters. The van der Waals surface area contributed by atoms with Gasteiger partial charge in [0.1, 0.15) is 0 Å². The summed E-state index contributed by atoms with van der Waals surface area (Å²) < 4.78 is 0. The number of rotatable bonds is 9. The van der Waals surface area contributed by atoms with Crippen molar-refractivity contribution in [1.82, 2.24) is 20.4 Å². The van der Waals surface area contributed by atoms with E-state index in [2.05, 4.69) is 32.7 Å². The Morgan fingerprint density at radius 3 is 2.47 bits per heavy atom. The number of benzene rings is 1. The van der Waals surface area contributed by atoms with Crippen molar-refractivity contribution in [2.45, 2.75) is 32.6 Å². The topological polar surface area (TPSA) is 80.3 Å². The zero-order valence-corrected chi connectivity index (χ0v) is 21.4. The summed E-state index contributed by atoms with van der Waals surface area (Å²) >= 11 is 0. The minimum Gasteiger partial charge on any atom is -0.368 e. The van der Waals surface area contributed by atoms with E-state index in [9.17, 15) is 9.59 Å². The molecule has 178 valence electrons. The second-order valence-electron chi connectivity index (χ2n) is 7.98. The first-order chi connectivity index (χ1) is 15.2. The predicted molar refractivity (Wildman–Crippen MR) is 140 cm³/mol. The van der Waals surface area contributed by atoms with Crippen LogP contribution in [0.1, 0.15) is 32.6 Å². The third kappa shape index (κ3) is 8.14. The standard InChI is InChI=1S/C23H36N6O2.HI/c1-2-24-23(25-12-7-15-28-14-6-10-21(28)30)26-13-11-22(31)29-18-16-27(17-19-29)20-8-4-3-5-9-20;/h3-5,8-9H,2,6-7,10-19H2,1H3,(H2,24,25,26);1H. The molecule has 0 spiro atoms. The number of anilines is 1. The Kier molecular flexibility index (Phi) is 11.6. The summed E-state index contributed by atoms with van der Waals surface area (Å²) in [6.07, 6.45) is 2.97. The van der Waals surface area contributed by atoms with Gasteiger partial charge in [0, 0.05) is 77.4 Å². The number of amides is 2. The zero-order chi connectivity index (χ0) is 21.9. The van der Waals surface area contributed by atoms with Crippen LogP contribution >= 0.6 is 24.0 Å². The van der Waals surface area contributed by atoms with Gasteiger partial charge in [-0.2, -0.15) is 0 Å². The van der Waals surface area contributed by atoms with E-state index in [1.807, 2.05) is 34.9 Å². The molecule has 2 aliphatic heterocycles. The van der Waals surface area contributed by atoms with Crippen molar-refractivity contribution >= 4 is 47.4 Å². The third-order valence-electron chi connectivity index (χ3n) is 5.76. The maximum Gasteiger partial charge on any atom is 0.224 e. The van der Waals surface area contributed by atoms with Crippen LogP contribution in [0.5, 0.6) is 0 Å². The van der Waals surface area contributed by atoms with Gasteiger partial charge in [0.05, 0.1) is 0 Å². The zero-order valence-electron chi connectivity index (χ0n) is 19.1. The third-order valence-corrected chi connectivity index (χ3v) is 5.76. The van der Waals surface area contributed by atoms with Gasteiger partial charge in [-0.15, -0.1) is 24.0 Å². The molecule has 0 aliphatic carbocycles. The van der Waals surface area contributed by atoms with Crippen molar-refractivity contribution < 1.29 is 9.59 Å². The largest absolute Gasteiger partial charge is 0.368 e. The summed E-state index contributed by atoms with van der Waals surface area (Å²) in [6, 6.07) is 10.4. The lowest BCUT2D eigenvalue weighted by Crippen LogP contribution is -2.49. The van der Waals surface area contributed by atoms with Gasteiger partial charge in [-0.3, -0.25) is 14.6 Å². The highest BCUT2D eigenvalue weighted by atomic mass is 127. The van der Waals surface area contributed by atoms with E-state index in [1.165, 1.54) is 5.69 Å². The van der Waals surface area contributed by atoms with E-state index in [0.717, 1.165) is 64.6 Å². The summed E-state index contributed by atoms with van der Waals surface area (Å²) in [4.78, 5) is 35.0. The van der Waals surface area contributed by atoms with Crippen LogP contribution in [-0.4, -0.2) is 86.5 Å². The van der Waals surface area contributed by atoms with E-state index in [0.29, 0.717) is 25.9 Å². The minimum atomic E-state index is 0. The Morgan fingerprint density at radius 1 is 1.06 bits per heavy atom. The Balaban J connectivity index is 0.00000363. The first-order valence-corrected chi connectivity index (χ1v) is 11.5. The monoisotopic (exact) mass is 556 g/mol. The summed E-state index contributed by atoms with van der Waals surface area (Å²) in [5.41, 5.74) is 1.22. The molecule has 0 saturated carbocycles. The smallest absolute Gasteiger partial charge is 0.224 e. The Hall–Kier alpha value is -2.04. The average Bonchev–Trinajstić information content (AvgIpc) is 3.22. The van der Waals surface area contributed by atoms with Gasteiger partial charge in [0.15, 0.2) is 5.96 Å². The highest BCUT2D eigenvalue weighted by Gasteiger charge is 2.21. The molecular weight excluding hydrogens is 519 g/mol. The summed E-state index contributed by atoms with van der Waals surface area (Å²) in [6.45, 7) is 8.93. The Morgan fingerprint density at radius 2 is 1.81 bits per heavy atom. The van der Waals surface area contributed by atoms with Crippen LogP contribution in [-0.2, 0) is 9.59 Å². The van der Waals surface area contributed by atoms with Gasteiger partial charge < -0.3 is 25.3 Å². The van der Waals surface area contributed by atoms with Gasteiger partial charge in [-0.1, -0.05) is 18.2 Å². The first kappa shape index (κ1) is 26.2. The second-order valence-corrected chi connectivity index (χ2v) is 7.98. The summed E-state index contributed by atoms with van der Waals surface area (Å²) in [5, 5.41) is 6.49. The van der Waals surface area contributed by atoms with Crippen LogP contribution < -0.4 is 15.5 Å². The van der Waals surface area contributed by atoms with Crippen molar-refractivity contribution in [2.24, 2.45) is 4.99 Å². The lowest BCUT2D eigenvalue weighted by atomic mass is 10.2. The van der Waals surface area contributed by atoms with Crippen molar-refractivity contribution in [1.29, 1.82) is 0 Å². The van der Waals surface area contributed by atoms with E-state index in [-0.39, 0.29) is 35.8 Å². The summed E-state index contributed by atoms with van der Waals surface area (Å²) in [7, 11) is 0. The number of hydrogen-bond donors (Lipinski definition) is 2. The van der Waals surface area contributed by atoms with Gasteiger partial charge in [-0.05, 0) is 31.9 Å². The minimum absolute atomic E-state index is 0. The predicted octanol–water partition coefficient (Wildman–Crippen LogP) is 1.91. The number of para-hydroxylation sites is 1.